The van der Waals surface area contributed by atoms with Crippen molar-refractivity contribution in [1.29, 1.82) is 0 Å². The highest BCUT2D eigenvalue weighted by molar-refractivity contribution is 6.31. The van der Waals surface area contributed by atoms with Gasteiger partial charge < -0.3 is 9.84 Å². The van der Waals surface area contributed by atoms with E-state index in [9.17, 15) is 4.79 Å². The summed E-state index contributed by atoms with van der Waals surface area (Å²) >= 11 is 6.18. The third-order valence-electron chi connectivity index (χ3n) is 4.13. The zero-order valence-electron chi connectivity index (χ0n) is 14.9. The Morgan fingerprint density at radius 3 is 2.54 bits per heavy atom. The summed E-state index contributed by atoms with van der Waals surface area (Å²) in [5, 5.41) is 7.66. The number of benzene rings is 2. The minimum atomic E-state index is -0.384. The van der Waals surface area contributed by atoms with Crippen LogP contribution >= 0.6 is 11.6 Å². The summed E-state index contributed by atoms with van der Waals surface area (Å²) in [6, 6.07) is 14.3. The molecule has 3 aromatic rings. The van der Waals surface area contributed by atoms with Crippen LogP contribution in [0.1, 0.15) is 41.7 Å². The molecular formula is C20H20ClN3O2. The van der Waals surface area contributed by atoms with Crippen molar-refractivity contribution in [3.05, 3.63) is 70.6 Å². The molecule has 0 saturated carbocycles. The minimum Gasteiger partial charge on any atom is -0.340 e. The molecular weight excluding hydrogens is 350 g/mol. The normalized spacial score (nSPS) is 12.2. The number of carbonyl (C=O) groups excluding carboxylic acids is 1. The molecule has 0 aliphatic rings. The van der Waals surface area contributed by atoms with Crippen LogP contribution in [0.3, 0.4) is 0 Å². The lowest BCUT2D eigenvalue weighted by atomic mass is 10.0. The van der Waals surface area contributed by atoms with E-state index >= 15 is 0 Å². The average molecular weight is 370 g/mol. The molecule has 0 aliphatic carbocycles. The number of hydrogen-bond acceptors (Lipinski definition) is 4. The Hall–Kier alpha value is -2.66. The lowest BCUT2D eigenvalue weighted by Gasteiger charge is -2.18. The van der Waals surface area contributed by atoms with Crippen LogP contribution in [0, 0.1) is 12.8 Å². The summed E-state index contributed by atoms with van der Waals surface area (Å²) in [5.74, 6) is 0.720. The Kier molecular flexibility index (Phi) is 5.38. The largest absolute Gasteiger partial charge is 0.340 e. The molecule has 0 spiro atoms. The number of rotatable bonds is 5. The fourth-order valence-electron chi connectivity index (χ4n) is 2.54. The second-order valence-electron chi connectivity index (χ2n) is 6.48. The molecule has 134 valence electrons. The van der Waals surface area contributed by atoms with Crippen molar-refractivity contribution in [2.24, 2.45) is 5.92 Å². The fourth-order valence-corrected chi connectivity index (χ4v) is 2.72. The van der Waals surface area contributed by atoms with Gasteiger partial charge in [0.1, 0.15) is 6.04 Å². The predicted octanol–water partition coefficient (Wildman–Crippen LogP) is 4.83. The molecule has 2 aromatic carbocycles. The molecule has 0 aliphatic heterocycles. The lowest BCUT2D eigenvalue weighted by Crippen LogP contribution is -2.32. The molecule has 3 rings (SSSR count). The van der Waals surface area contributed by atoms with Crippen LogP contribution < -0.4 is 5.32 Å². The van der Waals surface area contributed by atoms with Gasteiger partial charge in [0.25, 0.3) is 5.91 Å². The maximum Gasteiger partial charge on any atom is 0.251 e. The molecule has 1 atom stereocenters. The SMILES string of the molecule is Cc1ccc(-c2noc([C@@H](NC(=O)c3ccccc3)C(C)C)n2)cc1Cl. The summed E-state index contributed by atoms with van der Waals surface area (Å²) in [5.41, 5.74) is 2.34. The molecule has 1 aromatic heterocycles. The number of carbonyl (C=O) groups is 1. The molecule has 0 unspecified atom stereocenters. The van der Waals surface area contributed by atoms with Crippen molar-refractivity contribution in [3.8, 4) is 11.4 Å². The fraction of sp³-hybridized carbons (Fsp3) is 0.250. The van der Waals surface area contributed by atoms with Gasteiger partial charge in [-0.3, -0.25) is 4.79 Å². The summed E-state index contributed by atoms with van der Waals surface area (Å²) in [6.07, 6.45) is 0. The van der Waals surface area contributed by atoms with Crippen LogP contribution in [0.4, 0.5) is 0 Å². The first-order chi connectivity index (χ1) is 12.5. The first kappa shape index (κ1) is 18.1. The van der Waals surface area contributed by atoms with Crippen LogP contribution in [0.5, 0.6) is 0 Å². The molecule has 0 saturated heterocycles. The molecule has 1 N–H and O–H groups in total. The predicted molar refractivity (Wildman–Crippen MR) is 101 cm³/mol. The van der Waals surface area contributed by atoms with Crippen LogP contribution in [0.25, 0.3) is 11.4 Å². The van der Waals surface area contributed by atoms with Crippen molar-refractivity contribution >= 4 is 17.5 Å². The van der Waals surface area contributed by atoms with Gasteiger partial charge >= 0.3 is 0 Å². The number of nitrogens with zero attached hydrogens (tertiary/aromatic N) is 2. The topological polar surface area (TPSA) is 68.0 Å². The Balaban J connectivity index is 1.84. The van der Waals surface area contributed by atoms with Crippen molar-refractivity contribution in [1.82, 2.24) is 15.5 Å². The summed E-state index contributed by atoms with van der Waals surface area (Å²) < 4.78 is 5.43. The third kappa shape index (κ3) is 3.94. The zero-order valence-corrected chi connectivity index (χ0v) is 15.6. The van der Waals surface area contributed by atoms with Gasteiger partial charge in [0, 0.05) is 16.1 Å². The van der Waals surface area contributed by atoms with Crippen LogP contribution in [-0.4, -0.2) is 16.0 Å². The van der Waals surface area contributed by atoms with Crippen LogP contribution in [0.15, 0.2) is 53.1 Å². The van der Waals surface area contributed by atoms with E-state index in [2.05, 4.69) is 15.5 Å². The maximum absolute atomic E-state index is 12.5. The molecule has 1 heterocycles. The molecule has 1 amide bonds. The quantitative estimate of drug-likeness (QED) is 0.699. The minimum absolute atomic E-state index is 0.0811. The first-order valence-corrected chi connectivity index (χ1v) is 8.79. The number of halogens is 1. The Labute approximate surface area is 157 Å². The summed E-state index contributed by atoms with van der Waals surface area (Å²) in [4.78, 5) is 16.9. The van der Waals surface area contributed by atoms with Crippen LogP contribution in [0.2, 0.25) is 5.02 Å². The summed E-state index contributed by atoms with van der Waals surface area (Å²) in [7, 11) is 0. The van der Waals surface area contributed by atoms with Gasteiger partial charge in [-0.2, -0.15) is 4.98 Å². The number of aromatic nitrogens is 2. The van der Waals surface area contributed by atoms with Gasteiger partial charge in [-0.1, -0.05) is 60.9 Å². The van der Waals surface area contributed by atoms with Crippen molar-refractivity contribution in [2.45, 2.75) is 26.8 Å². The summed E-state index contributed by atoms with van der Waals surface area (Å²) in [6.45, 7) is 5.91. The smallest absolute Gasteiger partial charge is 0.251 e. The molecule has 0 radical (unpaired) electrons. The van der Waals surface area contributed by atoms with E-state index in [-0.39, 0.29) is 17.9 Å². The second-order valence-corrected chi connectivity index (χ2v) is 6.89. The van der Waals surface area contributed by atoms with E-state index < -0.39 is 0 Å². The van der Waals surface area contributed by atoms with E-state index in [1.807, 2.05) is 51.1 Å². The van der Waals surface area contributed by atoms with Gasteiger partial charge in [-0.15, -0.1) is 0 Å². The van der Waals surface area contributed by atoms with E-state index in [0.29, 0.717) is 22.3 Å². The van der Waals surface area contributed by atoms with Gasteiger partial charge in [0.05, 0.1) is 0 Å². The Morgan fingerprint density at radius 2 is 1.88 bits per heavy atom. The molecule has 5 nitrogen and oxygen atoms in total. The lowest BCUT2D eigenvalue weighted by molar-refractivity contribution is 0.0914. The van der Waals surface area contributed by atoms with E-state index in [1.54, 1.807) is 18.2 Å². The number of hydrogen-bond donors (Lipinski definition) is 1. The average Bonchev–Trinajstić information content (AvgIpc) is 3.12. The van der Waals surface area contributed by atoms with E-state index in [0.717, 1.165) is 11.1 Å². The monoisotopic (exact) mass is 369 g/mol. The van der Waals surface area contributed by atoms with Crippen molar-refractivity contribution < 1.29 is 9.32 Å². The maximum atomic E-state index is 12.5. The highest BCUT2D eigenvalue weighted by Crippen LogP contribution is 2.26. The second kappa shape index (κ2) is 7.70. The molecule has 6 heteroatoms. The zero-order chi connectivity index (χ0) is 18.7. The van der Waals surface area contributed by atoms with Crippen LogP contribution in [-0.2, 0) is 0 Å². The molecule has 0 bridgehead atoms. The standard InChI is InChI=1S/C20H20ClN3O2/c1-12(2)17(22-19(25)14-7-5-4-6-8-14)20-23-18(24-26-20)15-10-9-13(3)16(21)11-15/h4-12,17H,1-3H3,(H,22,25)/t17-/m0/s1. The highest BCUT2D eigenvalue weighted by Gasteiger charge is 2.25. The number of amides is 1. The van der Waals surface area contributed by atoms with Crippen molar-refractivity contribution in [3.63, 3.8) is 0 Å². The first-order valence-electron chi connectivity index (χ1n) is 8.41. The molecule has 26 heavy (non-hydrogen) atoms. The molecule has 0 fully saturated rings. The van der Waals surface area contributed by atoms with Gasteiger partial charge in [0.2, 0.25) is 11.7 Å². The third-order valence-corrected chi connectivity index (χ3v) is 4.53. The van der Waals surface area contributed by atoms with Gasteiger partial charge in [0.15, 0.2) is 0 Å². The van der Waals surface area contributed by atoms with Gasteiger partial charge in [-0.25, -0.2) is 0 Å². The van der Waals surface area contributed by atoms with Crippen molar-refractivity contribution in [2.75, 3.05) is 0 Å². The number of nitrogens with one attached hydrogen (secondary N) is 1. The van der Waals surface area contributed by atoms with Gasteiger partial charge in [-0.05, 0) is 36.6 Å². The highest BCUT2D eigenvalue weighted by atomic mass is 35.5. The van der Waals surface area contributed by atoms with E-state index in [4.69, 9.17) is 16.1 Å². The van der Waals surface area contributed by atoms with E-state index in [1.165, 1.54) is 0 Å². The Morgan fingerprint density at radius 1 is 1.15 bits per heavy atom. The Bertz CT molecular complexity index is 906. The number of aryl methyl sites for hydroxylation is 1.